The fourth-order valence-corrected chi connectivity index (χ4v) is 3.49. The molecule has 30 heavy (non-hydrogen) atoms. The Hall–Kier alpha value is -3.72. The first kappa shape index (κ1) is 19.6. The Labute approximate surface area is 176 Å². The van der Waals surface area contributed by atoms with Gasteiger partial charge in [0.25, 0.3) is 0 Å². The zero-order chi connectivity index (χ0) is 20.9. The van der Waals surface area contributed by atoms with Crippen molar-refractivity contribution in [2.24, 2.45) is 0 Å². The number of hydrogen-bond acceptors (Lipinski definition) is 6. The molecular formula is C21H18N6O2S. The van der Waals surface area contributed by atoms with E-state index in [1.807, 2.05) is 42.5 Å². The molecule has 0 aliphatic carbocycles. The van der Waals surface area contributed by atoms with Crippen molar-refractivity contribution in [2.45, 2.75) is 11.9 Å². The van der Waals surface area contributed by atoms with Crippen molar-refractivity contribution in [2.75, 3.05) is 16.4 Å². The summed E-state index contributed by atoms with van der Waals surface area (Å²) in [6.07, 6.45) is 0. The van der Waals surface area contributed by atoms with E-state index in [0.717, 1.165) is 5.56 Å². The minimum Gasteiger partial charge on any atom is -0.326 e. The van der Waals surface area contributed by atoms with Crippen LogP contribution in [0.3, 0.4) is 0 Å². The summed E-state index contributed by atoms with van der Waals surface area (Å²) in [6.45, 7) is 1.44. The van der Waals surface area contributed by atoms with E-state index in [1.54, 1.807) is 28.8 Å². The average molecular weight is 418 g/mol. The van der Waals surface area contributed by atoms with Crippen LogP contribution in [-0.2, 0) is 9.59 Å². The standard InChI is InChI=1S/C21H18N6O2S/c1-14(28)22-16-8-5-9-17(12-16)23-19(29)13-30-20-11-10-18-24-25-21(27(18)26-20)15-6-3-2-4-7-15/h2-12H,13H2,1H3,(H,22,28)(H,23,29). The van der Waals surface area contributed by atoms with Crippen LogP contribution in [0.1, 0.15) is 6.92 Å². The molecule has 0 unspecified atom stereocenters. The molecular weight excluding hydrogens is 400 g/mol. The lowest BCUT2D eigenvalue weighted by Crippen LogP contribution is -2.14. The second-order valence-corrected chi connectivity index (χ2v) is 7.43. The molecule has 4 aromatic rings. The van der Waals surface area contributed by atoms with Gasteiger partial charge in [0, 0.05) is 23.9 Å². The number of aromatic nitrogens is 4. The van der Waals surface area contributed by atoms with Crippen molar-refractivity contribution in [3.63, 3.8) is 0 Å². The second-order valence-electron chi connectivity index (χ2n) is 6.43. The van der Waals surface area contributed by atoms with Gasteiger partial charge >= 0.3 is 0 Å². The fraction of sp³-hybridized carbons (Fsp3) is 0.0952. The number of amides is 2. The van der Waals surface area contributed by atoms with Gasteiger partial charge in [-0.25, -0.2) is 0 Å². The van der Waals surface area contributed by atoms with Crippen molar-refractivity contribution in [1.29, 1.82) is 0 Å². The lowest BCUT2D eigenvalue weighted by molar-refractivity contribution is -0.114. The van der Waals surface area contributed by atoms with Crippen molar-refractivity contribution in [1.82, 2.24) is 19.8 Å². The minimum atomic E-state index is -0.172. The predicted octanol–water partition coefficient (Wildman–Crippen LogP) is 3.48. The van der Waals surface area contributed by atoms with Crippen LogP contribution >= 0.6 is 11.8 Å². The minimum absolute atomic E-state index is 0.167. The van der Waals surface area contributed by atoms with Gasteiger partial charge in [-0.15, -0.1) is 10.2 Å². The maximum absolute atomic E-state index is 12.3. The highest BCUT2D eigenvalue weighted by molar-refractivity contribution is 7.99. The second kappa shape index (κ2) is 8.75. The van der Waals surface area contributed by atoms with Gasteiger partial charge in [-0.05, 0) is 30.3 Å². The van der Waals surface area contributed by atoms with E-state index in [4.69, 9.17) is 0 Å². The predicted molar refractivity (Wildman–Crippen MR) is 116 cm³/mol. The summed E-state index contributed by atoms with van der Waals surface area (Å²) in [6, 6.07) is 20.3. The third-order valence-corrected chi connectivity index (χ3v) is 5.01. The van der Waals surface area contributed by atoms with Crippen LogP contribution in [0.2, 0.25) is 0 Å². The summed E-state index contributed by atoms with van der Waals surface area (Å²) in [4.78, 5) is 23.5. The summed E-state index contributed by atoms with van der Waals surface area (Å²) >= 11 is 1.32. The average Bonchev–Trinajstić information content (AvgIpc) is 3.16. The number of hydrogen-bond donors (Lipinski definition) is 2. The molecule has 2 heterocycles. The number of nitrogens with zero attached hydrogens (tertiary/aromatic N) is 4. The molecule has 0 radical (unpaired) electrons. The van der Waals surface area contributed by atoms with E-state index in [2.05, 4.69) is 25.9 Å². The molecule has 0 aliphatic rings. The Bertz CT molecular complexity index is 1210. The van der Waals surface area contributed by atoms with Crippen molar-refractivity contribution in [3.05, 3.63) is 66.7 Å². The zero-order valence-electron chi connectivity index (χ0n) is 16.1. The molecule has 2 N–H and O–H groups in total. The quantitative estimate of drug-likeness (QED) is 0.465. The Morgan fingerprint density at radius 2 is 1.70 bits per heavy atom. The first-order valence-corrected chi connectivity index (χ1v) is 10.2. The third-order valence-electron chi connectivity index (χ3n) is 4.09. The number of benzene rings is 2. The van der Waals surface area contributed by atoms with Gasteiger partial charge in [0.15, 0.2) is 11.5 Å². The summed E-state index contributed by atoms with van der Waals surface area (Å²) in [5, 5.41) is 19.1. The number of carbonyl (C=O) groups is 2. The maximum Gasteiger partial charge on any atom is 0.234 e. The molecule has 9 heteroatoms. The molecule has 2 aromatic carbocycles. The third kappa shape index (κ3) is 4.64. The summed E-state index contributed by atoms with van der Waals surface area (Å²) in [7, 11) is 0. The normalized spacial score (nSPS) is 10.7. The number of carbonyl (C=O) groups excluding carboxylic acids is 2. The number of thioether (sulfide) groups is 1. The van der Waals surface area contributed by atoms with E-state index in [-0.39, 0.29) is 17.6 Å². The molecule has 0 saturated carbocycles. The van der Waals surface area contributed by atoms with E-state index in [9.17, 15) is 9.59 Å². The summed E-state index contributed by atoms with van der Waals surface area (Å²) in [5.41, 5.74) is 2.79. The highest BCUT2D eigenvalue weighted by Crippen LogP contribution is 2.21. The Morgan fingerprint density at radius 1 is 0.933 bits per heavy atom. The molecule has 150 valence electrons. The van der Waals surface area contributed by atoms with E-state index in [0.29, 0.717) is 27.9 Å². The number of anilines is 2. The molecule has 2 amide bonds. The lowest BCUT2D eigenvalue weighted by atomic mass is 10.2. The van der Waals surface area contributed by atoms with Gasteiger partial charge in [-0.1, -0.05) is 48.2 Å². The molecule has 4 rings (SSSR count). The first-order chi connectivity index (χ1) is 14.6. The van der Waals surface area contributed by atoms with Gasteiger partial charge in [-0.2, -0.15) is 9.61 Å². The van der Waals surface area contributed by atoms with Gasteiger partial charge < -0.3 is 10.6 Å². The van der Waals surface area contributed by atoms with Crippen LogP contribution in [0.5, 0.6) is 0 Å². The highest BCUT2D eigenvalue weighted by Gasteiger charge is 2.11. The highest BCUT2D eigenvalue weighted by atomic mass is 32.2. The Kier molecular flexibility index (Phi) is 5.71. The first-order valence-electron chi connectivity index (χ1n) is 9.17. The van der Waals surface area contributed by atoms with Crippen LogP contribution in [0.4, 0.5) is 11.4 Å². The Balaban J connectivity index is 1.43. The smallest absolute Gasteiger partial charge is 0.234 e. The number of nitrogens with one attached hydrogen (secondary N) is 2. The summed E-state index contributed by atoms with van der Waals surface area (Å²) in [5.74, 6) is 0.492. The van der Waals surface area contributed by atoms with Crippen LogP contribution < -0.4 is 10.6 Å². The van der Waals surface area contributed by atoms with Crippen LogP contribution in [-0.4, -0.2) is 37.4 Å². The van der Waals surface area contributed by atoms with Gasteiger partial charge in [-0.3, -0.25) is 9.59 Å². The largest absolute Gasteiger partial charge is 0.326 e. The summed E-state index contributed by atoms with van der Waals surface area (Å²) < 4.78 is 1.67. The fourth-order valence-electron chi connectivity index (χ4n) is 2.83. The van der Waals surface area contributed by atoms with Crippen LogP contribution in [0.15, 0.2) is 71.8 Å². The molecule has 0 atom stereocenters. The van der Waals surface area contributed by atoms with Crippen molar-refractivity contribution < 1.29 is 9.59 Å². The van der Waals surface area contributed by atoms with Crippen molar-refractivity contribution >= 4 is 40.6 Å². The zero-order valence-corrected chi connectivity index (χ0v) is 16.9. The van der Waals surface area contributed by atoms with E-state index >= 15 is 0 Å². The monoisotopic (exact) mass is 418 g/mol. The molecule has 8 nitrogen and oxygen atoms in total. The Morgan fingerprint density at radius 3 is 2.47 bits per heavy atom. The van der Waals surface area contributed by atoms with Gasteiger partial charge in [0.05, 0.1) is 5.75 Å². The topological polar surface area (TPSA) is 101 Å². The molecule has 0 saturated heterocycles. The SMILES string of the molecule is CC(=O)Nc1cccc(NC(=O)CSc2ccc3nnc(-c4ccccc4)n3n2)c1. The molecule has 0 aliphatic heterocycles. The van der Waals surface area contributed by atoms with Crippen LogP contribution in [0, 0.1) is 0 Å². The molecule has 2 aromatic heterocycles. The molecule has 0 bridgehead atoms. The van der Waals surface area contributed by atoms with E-state index < -0.39 is 0 Å². The number of fused-ring (bicyclic) bond motifs is 1. The maximum atomic E-state index is 12.3. The van der Waals surface area contributed by atoms with Crippen molar-refractivity contribution in [3.8, 4) is 11.4 Å². The molecule has 0 fully saturated rings. The van der Waals surface area contributed by atoms with Crippen LogP contribution in [0.25, 0.3) is 17.0 Å². The van der Waals surface area contributed by atoms with Gasteiger partial charge in [0.1, 0.15) is 5.03 Å². The number of rotatable bonds is 6. The van der Waals surface area contributed by atoms with E-state index in [1.165, 1.54) is 18.7 Å². The molecule has 0 spiro atoms. The lowest BCUT2D eigenvalue weighted by Gasteiger charge is -2.08. The van der Waals surface area contributed by atoms with Gasteiger partial charge in [0.2, 0.25) is 11.8 Å².